The average molecular weight is 239 g/mol. The lowest BCUT2D eigenvalue weighted by Gasteiger charge is -2.13. The summed E-state index contributed by atoms with van der Waals surface area (Å²) in [6, 6.07) is 11.5. The summed E-state index contributed by atoms with van der Waals surface area (Å²) < 4.78 is 0. The molecule has 94 valence electrons. The minimum atomic E-state index is 0.191. The van der Waals surface area contributed by atoms with Crippen molar-refractivity contribution >= 4 is 10.8 Å². The molecule has 2 aromatic carbocycles. The molecule has 0 saturated carbocycles. The summed E-state index contributed by atoms with van der Waals surface area (Å²) in [4.78, 5) is 0. The Morgan fingerprint density at radius 2 is 2.00 bits per heavy atom. The first kappa shape index (κ1) is 11.7. The molecule has 0 spiro atoms. The maximum atomic E-state index is 6.24. The minimum absolute atomic E-state index is 0.191. The Hall–Kier alpha value is -1.34. The van der Waals surface area contributed by atoms with Gasteiger partial charge in [0.15, 0.2) is 0 Å². The minimum Gasteiger partial charge on any atom is -0.324 e. The second-order valence-corrected chi connectivity index (χ2v) is 5.43. The van der Waals surface area contributed by atoms with E-state index in [2.05, 4.69) is 37.3 Å². The van der Waals surface area contributed by atoms with Crippen LogP contribution in [0.25, 0.3) is 10.8 Å². The molecule has 2 N–H and O–H groups in total. The normalized spacial score (nSPS) is 15.9. The van der Waals surface area contributed by atoms with Gasteiger partial charge in [-0.2, -0.15) is 0 Å². The zero-order chi connectivity index (χ0) is 12.5. The molecule has 0 saturated heterocycles. The summed E-state index contributed by atoms with van der Waals surface area (Å²) >= 11 is 0. The Balaban J connectivity index is 2.10. The van der Waals surface area contributed by atoms with Crippen molar-refractivity contribution in [2.24, 2.45) is 5.73 Å². The number of fused-ring (bicyclic) bond motifs is 3. The number of nitrogens with two attached hydrogens (primary N) is 1. The third-order valence-corrected chi connectivity index (χ3v) is 4.15. The molecule has 0 aliphatic heterocycles. The number of aryl methyl sites for hydroxylation is 2. The van der Waals surface area contributed by atoms with Crippen LogP contribution in [0.15, 0.2) is 30.3 Å². The maximum absolute atomic E-state index is 6.24. The largest absolute Gasteiger partial charge is 0.324 e. The fourth-order valence-corrected chi connectivity index (χ4v) is 3.14. The Morgan fingerprint density at radius 1 is 1.17 bits per heavy atom. The van der Waals surface area contributed by atoms with E-state index in [-0.39, 0.29) is 6.04 Å². The Kier molecular flexibility index (Phi) is 3.09. The number of hydrogen-bond acceptors (Lipinski definition) is 1. The lowest BCUT2D eigenvalue weighted by Crippen LogP contribution is -2.09. The van der Waals surface area contributed by atoms with Gasteiger partial charge in [-0.1, -0.05) is 37.6 Å². The van der Waals surface area contributed by atoms with Gasteiger partial charge in [0.05, 0.1) is 0 Å². The summed E-state index contributed by atoms with van der Waals surface area (Å²) in [5.41, 5.74) is 10.7. The van der Waals surface area contributed by atoms with E-state index in [0.717, 1.165) is 12.8 Å². The molecule has 3 rings (SSSR count). The predicted octanol–water partition coefficient (Wildman–Crippen LogP) is 4.13. The van der Waals surface area contributed by atoms with Gasteiger partial charge in [0, 0.05) is 6.04 Å². The molecule has 0 fully saturated rings. The fraction of sp³-hybridized carbons (Fsp3) is 0.412. The smallest absolute Gasteiger partial charge is 0.0294 e. The van der Waals surface area contributed by atoms with Crippen molar-refractivity contribution in [1.82, 2.24) is 0 Å². The molecule has 1 aliphatic rings. The van der Waals surface area contributed by atoms with Gasteiger partial charge in [-0.25, -0.2) is 0 Å². The third-order valence-electron chi connectivity index (χ3n) is 4.15. The van der Waals surface area contributed by atoms with E-state index in [9.17, 15) is 0 Å². The molecule has 0 radical (unpaired) electrons. The van der Waals surface area contributed by atoms with Gasteiger partial charge in [-0.15, -0.1) is 0 Å². The van der Waals surface area contributed by atoms with Crippen LogP contribution in [0.5, 0.6) is 0 Å². The van der Waals surface area contributed by atoms with Gasteiger partial charge in [0.25, 0.3) is 0 Å². The predicted molar refractivity (Wildman–Crippen MR) is 77.8 cm³/mol. The zero-order valence-electron chi connectivity index (χ0n) is 11.1. The molecule has 1 heteroatoms. The highest BCUT2D eigenvalue weighted by Crippen LogP contribution is 2.31. The van der Waals surface area contributed by atoms with E-state index in [0.29, 0.717) is 0 Å². The third kappa shape index (κ3) is 1.93. The first-order valence-corrected chi connectivity index (χ1v) is 7.09. The van der Waals surface area contributed by atoms with Gasteiger partial charge in [0.1, 0.15) is 0 Å². The first-order valence-electron chi connectivity index (χ1n) is 7.09. The molecule has 0 aromatic heterocycles. The van der Waals surface area contributed by atoms with Crippen molar-refractivity contribution < 1.29 is 0 Å². The molecular formula is C17H21N. The number of hydrogen-bond donors (Lipinski definition) is 1. The van der Waals surface area contributed by atoms with E-state index in [1.54, 1.807) is 11.1 Å². The van der Waals surface area contributed by atoms with Crippen molar-refractivity contribution in [3.8, 4) is 0 Å². The molecule has 0 bridgehead atoms. The van der Waals surface area contributed by atoms with Crippen LogP contribution < -0.4 is 5.73 Å². The van der Waals surface area contributed by atoms with Crippen molar-refractivity contribution in [3.63, 3.8) is 0 Å². The molecule has 0 unspecified atom stereocenters. The number of benzene rings is 2. The topological polar surface area (TPSA) is 26.0 Å². The molecule has 2 aromatic rings. The van der Waals surface area contributed by atoms with Crippen molar-refractivity contribution in [3.05, 3.63) is 47.0 Å². The van der Waals surface area contributed by atoms with Crippen LogP contribution in [0.3, 0.4) is 0 Å². The van der Waals surface area contributed by atoms with Crippen molar-refractivity contribution in [2.45, 2.75) is 45.1 Å². The molecule has 1 aliphatic carbocycles. The van der Waals surface area contributed by atoms with Crippen LogP contribution in [0.4, 0.5) is 0 Å². The summed E-state index contributed by atoms with van der Waals surface area (Å²) in [6.07, 6.45) is 6.00. The van der Waals surface area contributed by atoms with E-state index in [1.807, 2.05) is 0 Å². The first-order chi connectivity index (χ1) is 8.79. The summed E-state index contributed by atoms with van der Waals surface area (Å²) in [5.74, 6) is 0. The number of rotatable bonds is 3. The van der Waals surface area contributed by atoms with Crippen LogP contribution in [-0.4, -0.2) is 0 Å². The SMILES string of the molecule is CCC[C@@H](N)c1ccc2ccc3c(c2c1)CCC3. The molecule has 1 atom stereocenters. The van der Waals surface area contributed by atoms with E-state index < -0.39 is 0 Å². The van der Waals surface area contributed by atoms with Crippen LogP contribution in [-0.2, 0) is 12.8 Å². The summed E-state index contributed by atoms with van der Waals surface area (Å²) in [5, 5.41) is 2.80. The average Bonchev–Trinajstić information content (AvgIpc) is 2.87. The summed E-state index contributed by atoms with van der Waals surface area (Å²) in [7, 11) is 0. The highest BCUT2D eigenvalue weighted by Gasteiger charge is 2.14. The van der Waals surface area contributed by atoms with Gasteiger partial charge in [-0.3, -0.25) is 0 Å². The summed E-state index contributed by atoms with van der Waals surface area (Å²) in [6.45, 7) is 2.19. The monoisotopic (exact) mass is 239 g/mol. The van der Waals surface area contributed by atoms with Crippen molar-refractivity contribution in [2.75, 3.05) is 0 Å². The van der Waals surface area contributed by atoms with E-state index in [1.165, 1.54) is 35.6 Å². The highest BCUT2D eigenvalue weighted by atomic mass is 14.6. The fourth-order valence-electron chi connectivity index (χ4n) is 3.14. The maximum Gasteiger partial charge on any atom is 0.0294 e. The second-order valence-electron chi connectivity index (χ2n) is 5.43. The van der Waals surface area contributed by atoms with Gasteiger partial charge in [0.2, 0.25) is 0 Å². The van der Waals surface area contributed by atoms with E-state index in [4.69, 9.17) is 5.73 Å². The molecule has 0 amide bonds. The lowest BCUT2D eigenvalue weighted by atomic mass is 9.95. The quantitative estimate of drug-likeness (QED) is 0.856. The lowest BCUT2D eigenvalue weighted by molar-refractivity contribution is 0.639. The van der Waals surface area contributed by atoms with Crippen LogP contribution >= 0.6 is 0 Å². The molecular weight excluding hydrogens is 218 g/mol. The van der Waals surface area contributed by atoms with Gasteiger partial charge < -0.3 is 5.73 Å². The van der Waals surface area contributed by atoms with Crippen molar-refractivity contribution in [1.29, 1.82) is 0 Å². The zero-order valence-corrected chi connectivity index (χ0v) is 11.1. The molecule has 1 nitrogen and oxygen atoms in total. The highest BCUT2D eigenvalue weighted by molar-refractivity contribution is 5.88. The van der Waals surface area contributed by atoms with Gasteiger partial charge >= 0.3 is 0 Å². The second kappa shape index (κ2) is 4.74. The van der Waals surface area contributed by atoms with Gasteiger partial charge in [-0.05, 0) is 59.2 Å². The van der Waals surface area contributed by atoms with E-state index >= 15 is 0 Å². The molecule has 0 heterocycles. The Bertz CT molecular complexity index is 571. The standard InChI is InChI=1S/C17H21N/c1-2-4-17(18)14-10-9-13-8-7-12-5-3-6-15(12)16(13)11-14/h7-11,17H,2-6,18H2,1H3/t17-/m1/s1. The Labute approximate surface area is 109 Å². The molecule has 18 heavy (non-hydrogen) atoms. The van der Waals surface area contributed by atoms with Crippen LogP contribution in [0.2, 0.25) is 0 Å². The van der Waals surface area contributed by atoms with Crippen LogP contribution in [0, 0.1) is 0 Å². The Morgan fingerprint density at radius 3 is 2.83 bits per heavy atom. The van der Waals surface area contributed by atoms with Crippen LogP contribution in [0.1, 0.15) is 48.9 Å².